The van der Waals surface area contributed by atoms with Crippen LogP contribution in [0.5, 0.6) is 0 Å². The molecule has 2 aromatic carbocycles. The van der Waals surface area contributed by atoms with Crippen molar-refractivity contribution in [2.45, 2.75) is 50.7 Å². The molecule has 2 aliphatic carbocycles. The SMILES string of the molecule is O=C(CN(Cc1ccccc1F)C1CC1)N[C@H]1CCCc2ccccc21. The molecule has 2 aliphatic rings. The van der Waals surface area contributed by atoms with Crippen LogP contribution in [0.4, 0.5) is 4.39 Å². The van der Waals surface area contributed by atoms with Gasteiger partial charge in [-0.3, -0.25) is 9.69 Å². The van der Waals surface area contributed by atoms with Crippen molar-refractivity contribution in [3.05, 3.63) is 71.0 Å². The summed E-state index contributed by atoms with van der Waals surface area (Å²) in [6.07, 6.45) is 5.36. The van der Waals surface area contributed by atoms with Crippen molar-refractivity contribution in [1.29, 1.82) is 0 Å². The highest BCUT2D eigenvalue weighted by Gasteiger charge is 2.31. The molecule has 0 bridgehead atoms. The second-order valence-corrected chi connectivity index (χ2v) is 7.44. The van der Waals surface area contributed by atoms with E-state index < -0.39 is 0 Å². The molecule has 26 heavy (non-hydrogen) atoms. The van der Waals surface area contributed by atoms with Gasteiger partial charge in [-0.25, -0.2) is 4.39 Å². The monoisotopic (exact) mass is 352 g/mol. The van der Waals surface area contributed by atoms with Gasteiger partial charge in [-0.15, -0.1) is 0 Å². The molecule has 0 unspecified atom stereocenters. The summed E-state index contributed by atoms with van der Waals surface area (Å²) in [4.78, 5) is 14.8. The second-order valence-electron chi connectivity index (χ2n) is 7.44. The quantitative estimate of drug-likeness (QED) is 0.853. The topological polar surface area (TPSA) is 32.3 Å². The lowest BCUT2D eigenvalue weighted by Gasteiger charge is -2.28. The van der Waals surface area contributed by atoms with Gasteiger partial charge in [0.15, 0.2) is 0 Å². The minimum absolute atomic E-state index is 0.0370. The predicted octanol–water partition coefficient (Wildman–Crippen LogP) is 3.98. The van der Waals surface area contributed by atoms with Crippen molar-refractivity contribution in [3.8, 4) is 0 Å². The number of hydrogen-bond donors (Lipinski definition) is 1. The van der Waals surface area contributed by atoms with Crippen molar-refractivity contribution in [3.63, 3.8) is 0 Å². The number of benzene rings is 2. The molecule has 2 aromatic rings. The van der Waals surface area contributed by atoms with Crippen LogP contribution in [-0.4, -0.2) is 23.4 Å². The van der Waals surface area contributed by atoms with E-state index in [-0.39, 0.29) is 17.8 Å². The van der Waals surface area contributed by atoms with Gasteiger partial charge in [-0.2, -0.15) is 0 Å². The Labute approximate surface area is 154 Å². The first-order valence-electron chi connectivity index (χ1n) is 9.55. The van der Waals surface area contributed by atoms with Gasteiger partial charge in [0.1, 0.15) is 5.82 Å². The minimum atomic E-state index is -0.195. The predicted molar refractivity (Wildman–Crippen MR) is 100 cm³/mol. The van der Waals surface area contributed by atoms with Gasteiger partial charge in [0.2, 0.25) is 5.91 Å². The Kier molecular flexibility index (Phi) is 5.02. The number of aryl methyl sites for hydroxylation is 1. The highest BCUT2D eigenvalue weighted by molar-refractivity contribution is 5.78. The largest absolute Gasteiger partial charge is 0.348 e. The van der Waals surface area contributed by atoms with Crippen LogP contribution >= 0.6 is 0 Å². The zero-order valence-electron chi connectivity index (χ0n) is 15.0. The first-order chi connectivity index (χ1) is 12.7. The fourth-order valence-corrected chi connectivity index (χ4v) is 3.93. The fraction of sp³-hybridized carbons (Fsp3) is 0.409. The smallest absolute Gasteiger partial charge is 0.234 e. The van der Waals surface area contributed by atoms with E-state index in [9.17, 15) is 9.18 Å². The van der Waals surface area contributed by atoms with Crippen LogP contribution in [0.15, 0.2) is 48.5 Å². The van der Waals surface area contributed by atoms with Gasteiger partial charge in [-0.1, -0.05) is 42.5 Å². The van der Waals surface area contributed by atoms with Crippen LogP contribution in [0.25, 0.3) is 0 Å². The van der Waals surface area contributed by atoms with E-state index in [1.807, 2.05) is 12.1 Å². The van der Waals surface area contributed by atoms with Crippen LogP contribution in [-0.2, 0) is 17.8 Å². The Hall–Kier alpha value is -2.20. The Bertz CT molecular complexity index is 787. The molecule has 0 heterocycles. The summed E-state index contributed by atoms with van der Waals surface area (Å²) in [5, 5.41) is 3.21. The van der Waals surface area contributed by atoms with Crippen molar-refractivity contribution in [1.82, 2.24) is 10.2 Å². The lowest BCUT2D eigenvalue weighted by molar-refractivity contribution is -0.123. The van der Waals surface area contributed by atoms with Gasteiger partial charge in [0, 0.05) is 18.2 Å². The third-order valence-electron chi connectivity index (χ3n) is 5.45. The maximum absolute atomic E-state index is 14.0. The molecule has 0 aliphatic heterocycles. The van der Waals surface area contributed by atoms with Gasteiger partial charge in [0.25, 0.3) is 0 Å². The molecular formula is C22H25FN2O. The molecule has 1 saturated carbocycles. The standard InChI is InChI=1S/C22H25FN2O/c23-20-10-4-2-7-17(20)14-25(18-12-13-18)15-22(26)24-21-11-5-8-16-6-1-3-9-19(16)21/h1-4,6-7,9-10,18,21H,5,8,11-15H2,(H,24,26)/t21-/m0/s1. The number of nitrogens with one attached hydrogen (secondary N) is 1. The number of nitrogens with zero attached hydrogens (tertiary/aromatic N) is 1. The molecule has 0 saturated heterocycles. The number of fused-ring (bicyclic) bond motifs is 1. The first kappa shape index (κ1) is 17.2. The van der Waals surface area contributed by atoms with Crippen molar-refractivity contribution in [2.75, 3.05) is 6.54 Å². The summed E-state index contributed by atoms with van der Waals surface area (Å²) in [5.74, 6) is -0.158. The molecule has 4 rings (SSSR count). The zero-order valence-corrected chi connectivity index (χ0v) is 15.0. The minimum Gasteiger partial charge on any atom is -0.348 e. The Morgan fingerprint density at radius 2 is 1.85 bits per heavy atom. The van der Waals surface area contributed by atoms with E-state index in [0.29, 0.717) is 24.7 Å². The number of hydrogen-bond acceptors (Lipinski definition) is 2. The Morgan fingerprint density at radius 1 is 1.08 bits per heavy atom. The molecule has 1 atom stereocenters. The highest BCUT2D eigenvalue weighted by atomic mass is 19.1. The number of amides is 1. The highest BCUT2D eigenvalue weighted by Crippen LogP contribution is 2.31. The molecule has 1 N–H and O–H groups in total. The molecular weight excluding hydrogens is 327 g/mol. The molecule has 0 radical (unpaired) electrons. The molecule has 0 spiro atoms. The van der Waals surface area contributed by atoms with Gasteiger partial charge >= 0.3 is 0 Å². The van der Waals surface area contributed by atoms with Crippen molar-refractivity contribution >= 4 is 5.91 Å². The third kappa shape index (κ3) is 3.96. The van der Waals surface area contributed by atoms with E-state index >= 15 is 0 Å². The molecule has 1 amide bonds. The summed E-state index contributed by atoms with van der Waals surface area (Å²) < 4.78 is 14.0. The summed E-state index contributed by atoms with van der Waals surface area (Å²) in [7, 11) is 0. The molecule has 4 heteroatoms. The Morgan fingerprint density at radius 3 is 2.65 bits per heavy atom. The lowest BCUT2D eigenvalue weighted by Crippen LogP contribution is -2.40. The molecule has 0 aromatic heterocycles. The maximum Gasteiger partial charge on any atom is 0.234 e. The van der Waals surface area contributed by atoms with E-state index in [2.05, 4.69) is 28.4 Å². The number of halogens is 1. The van der Waals surface area contributed by atoms with Crippen LogP contribution in [0.2, 0.25) is 0 Å². The summed E-state index contributed by atoms with van der Waals surface area (Å²) in [6, 6.07) is 15.7. The molecule has 136 valence electrons. The summed E-state index contributed by atoms with van der Waals surface area (Å²) in [5.41, 5.74) is 3.25. The molecule has 1 fully saturated rings. The molecule has 3 nitrogen and oxygen atoms in total. The van der Waals surface area contributed by atoms with Crippen molar-refractivity contribution in [2.24, 2.45) is 0 Å². The number of carbonyl (C=O) groups is 1. The first-order valence-corrected chi connectivity index (χ1v) is 9.55. The van der Waals surface area contributed by atoms with Crippen LogP contribution < -0.4 is 5.32 Å². The second kappa shape index (κ2) is 7.58. The van der Waals surface area contributed by atoms with E-state index in [1.165, 1.54) is 17.2 Å². The van der Waals surface area contributed by atoms with Crippen molar-refractivity contribution < 1.29 is 9.18 Å². The van der Waals surface area contributed by atoms with Crippen LogP contribution in [0, 0.1) is 5.82 Å². The van der Waals surface area contributed by atoms with Crippen LogP contribution in [0.1, 0.15) is 48.4 Å². The van der Waals surface area contributed by atoms with E-state index in [4.69, 9.17) is 0 Å². The fourth-order valence-electron chi connectivity index (χ4n) is 3.93. The third-order valence-corrected chi connectivity index (χ3v) is 5.45. The summed E-state index contributed by atoms with van der Waals surface area (Å²) in [6.45, 7) is 0.823. The normalized spacial score (nSPS) is 19.2. The van der Waals surface area contributed by atoms with E-state index in [1.54, 1.807) is 12.1 Å². The average molecular weight is 352 g/mol. The summed E-state index contributed by atoms with van der Waals surface area (Å²) >= 11 is 0. The lowest BCUT2D eigenvalue weighted by atomic mass is 9.88. The van der Waals surface area contributed by atoms with Gasteiger partial charge in [0.05, 0.1) is 12.6 Å². The zero-order chi connectivity index (χ0) is 17.9. The van der Waals surface area contributed by atoms with E-state index in [0.717, 1.165) is 32.1 Å². The average Bonchev–Trinajstić information content (AvgIpc) is 3.48. The maximum atomic E-state index is 14.0. The van der Waals surface area contributed by atoms with Crippen LogP contribution in [0.3, 0.4) is 0 Å². The Balaban J connectivity index is 1.41. The van der Waals surface area contributed by atoms with Gasteiger partial charge < -0.3 is 5.32 Å². The van der Waals surface area contributed by atoms with Gasteiger partial charge in [-0.05, 0) is 49.3 Å². The number of rotatable bonds is 6. The number of carbonyl (C=O) groups excluding carboxylic acids is 1.